The zero-order chi connectivity index (χ0) is 40.2. The Morgan fingerprint density at radius 2 is 1.93 bits per heavy atom. The first-order valence-corrected chi connectivity index (χ1v) is 19.3. The van der Waals surface area contributed by atoms with E-state index in [1.54, 1.807) is 47.4 Å². The van der Waals surface area contributed by atoms with Crippen molar-refractivity contribution < 1.29 is 41.8 Å². The maximum atomic E-state index is 15.9. The second kappa shape index (κ2) is 15.0. The fraction of sp³-hybridized carbons (Fsp3) is 0.400. The lowest BCUT2D eigenvalue weighted by Crippen LogP contribution is -2.61. The van der Waals surface area contributed by atoms with Crippen molar-refractivity contribution in [2.45, 2.75) is 69.6 Å². The van der Waals surface area contributed by atoms with E-state index in [1.807, 2.05) is 11.1 Å². The van der Waals surface area contributed by atoms with E-state index in [-0.39, 0.29) is 65.4 Å². The van der Waals surface area contributed by atoms with E-state index in [2.05, 4.69) is 44.0 Å². The second-order valence-corrected chi connectivity index (χ2v) is 15.4. The molecule has 6 heterocycles. The number of aromatic nitrogens is 3. The molecule has 2 N–H and O–H groups in total. The van der Waals surface area contributed by atoms with Crippen LogP contribution in [0.3, 0.4) is 0 Å². The zero-order valence-electron chi connectivity index (χ0n) is 31.5. The van der Waals surface area contributed by atoms with Gasteiger partial charge in [-0.25, -0.2) is 22.7 Å². The van der Waals surface area contributed by atoms with Crippen LogP contribution in [-0.2, 0) is 16.1 Å². The molecule has 9 rings (SSSR count). The minimum atomic E-state index is -2.71. The molecular formula is C40H40F3N10O5+. The summed E-state index contributed by atoms with van der Waals surface area (Å²) in [6.45, 7) is 0.427. The SMILES string of the molecule is CN(C1CCC(/C=[N+]2\C=c3cc(NC(=O)c4cnn5cccnc45)c(OCC(F)F)cc3=N2)CC1)C1CN(c2ccc3c(c2F)CN(C2CCC(=O)NC2=O)C3=O)C1. The van der Waals surface area contributed by atoms with Gasteiger partial charge in [-0.15, -0.1) is 0 Å². The Balaban J connectivity index is 0.815. The molecule has 2 aromatic carbocycles. The van der Waals surface area contributed by atoms with Gasteiger partial charge in [0.25, 0.3) is 18.2 Å². The number of halogens is 3. The van der Waals surface area contributed by atoms with Gasteiger partial charge in [0, 0.05) is 72.2 Å². The van der Waals surface area contributed by atoms with Crippen molar-refractivity contribution in [3.8, 4) is 5.75 Å². The van der Waals surface area contributed by atoms with Crippen molar-refractivity contribution in [1.82, 2.24) is 29.7 Å². The van der Waals surface area contributed by atoms with E-state index in [0.717, 1.165) is 25.7 Å². The number of anilines is 2. The number of piperidine rings is 1. The lowest BCUT2D eigenvalue weighted by Gasteiger charge is -2.49. The Labute approximate surface area is 329 Å². The van der Waals surface area contributed by atoms with E-state index < -0.39 is 42.6 Å². The highest BCUT2D eigenvalue weighted by molar-refractivity contribution is 6.09. The van der Waals surface area contributed by atoms with Crippen LogP contribution in [0.1, 0.15) is 64.8 Å². The van der Waals surface area contributed by atoms with Crippen molar-refractivity contribution in [2.24, 2.45) is 11.0 Å². The minimum absolute atomic E-state index is 0.00881. The fourth-order valence-electron chi connectivity index (χ4n) is 8.61. The molecule has 1 atom stereocenters. The van der Waals surface area contributed by atoms with Crippen molar-refractivity contribution in [1.29, 1.82) is 0 Å². The summed E-state index contributed by atoms with van der Waals surface area (Å²) in [6.07, 6.45) is 9.90. The molecule has 300 valence electrons. The number of fused-ring (bicyclic) bond motifs is 3. The first-order chi connectivity index (χ1) is 28.0. The highest BCUT2D eigenvalue weighted by Gasteiger charge is 2.42. The number of nitrogens with one attached hydrogen (secondary N) is 2. The third-order valence-corrected chi connectivity index (χ3v) is 11.8. The highest BCUT2D eigenvalue weighted by Crippen LogP contribution is 2.37. The number of carbonyl (C=O) groups is 4. The number of amides is 4. The topological polar surface area (TPSA) is 157 Å². The third kappa shape index (κ3) is 6.94. The maximum absolute atomic E-state index is 15.9. The summed E-state index contributed by atoms with van der Waals surface area (Å²) in [5, 5.41) is 15.1. The number of imide groups is 1. The van der Waals surface area contributed by atoms with Gasteiger partial charge in [-0.2, -0.15) is 5.10 Å². The molecule has 1 unspecified atom stereocenters. The molecule has 3 fully saturated rings. The molecule has 15 nitrogen and oxygen atoms in total. The zero-order valence-corrected chi connectivity index (χ0v) is 31.5. The Bertz CT molecular complexity index is 2510. The van der Waals surface area contributed by atoms with E-state index >= 15 is 4.39 Å². The van der Waals surface area contributed by atoms with Gasteiger partial charge in [0.1, 0.15) is 29.3 Å². The van der Waals surface area contributed by atoms with Crippen LogP contribution in [0.15, 0.2) is 54.0 Å². The van der Waals surface area contributed by atoms with Crippen LogP contribution in [0.4, 0.5) is 24.5 Å². The van der Waals surface area contributed by atoms with Gasteiger partial charge in [-0.05, 0) is 63.4 Å². The maximum Gasteiger partial charge on any atom is 0.272 e. The van der Waals surface area contributed by atoms with Crippen LogP contribution >= 0.6 is 0 Å². The molecule has 1 saturated carbocycles. The van der Waals surface area contributed by atoms with Gasteiger partial charge in [0.15, 0.2) is 17.7 Å². The number of benzene rings is 2. The van der Waals surface area contributed by atoms with Crippen LogP contribution in [-0.4, -0.2) is 110 Å². The molecule has 0 spiro atoms. The average Bonchev–Trinajstić information content (AvgIpc) is 3.89. The largest absolute Gasteiger partial charge is 0.485 e. The van der Waals surface area contributed by atoms with Crippen LogP contribution in [0.5, 0.6) is 5.75 Å². The highest BCUT2D eigenvalue weighted by atomic mass is 19.3. The summed E-state index contributed by atoms with van der Waals surface area (Å²) in [6, 6.07) is 7.95. The first-order valence-electron chi connectivity index (χ1n) is 19.3. The van der Waals surface area contributed by atoms with Crippen LogP contribution in [0.2, 0.25) is 0 Å². The van der Waals surface area contributed by atoms with Gasteiger partial charge in [-0.3, -0.25) is 29.4 Å². The van der Waals surface area contributed by atoms with Gasteiger partial charge in [-0.1, -0.05) is 4.68 Å². The Morgan fingerprint density at radius 3 is 2.71 bits per heavy atom. The quantitative estimate of drug-likeness (QED) is 0.182. The molecule has 4 aromatic rings. The molecule has 4 amide bonds. The molecule has 18 heteroatoms. The molecule has 0 radical (unpaired) electrons. The number of hydrogen-bond acceptors (Lipinski definition) is 10. The Morgan fingerprint density at radius 1 is 1.12 bits per heavy atom. The van der Waals surface area contributed by atoms with Crippen molar-refractivity contribution in [2.75, 3.05) is 37.0 Å². The van der Waals surface area contributed by atoms with E-state index in [4.69, 9.17) is 4.74 Å². The normalized spacial score (nSPS) is 22.6. The van der Waals surface area contributed by atoms with Gasteiger partial charge in [0.2, 0.25) is 18.0 Å². The molecule has 2 aromatic heterocycles. The predicted octanol–water partition coefficient (Wildman–Crippen LogP) is 2.27. The molecule has 4 aliphatic heterocycles. The summed E-state index contributed by atoms with van der Waals surface area (Å²) in [5.74, 6) is -1.94. The average molecular weight is 798 g/mol. The van der Waals surface area contributed by atoms with E-state index in [1.165, 1.54) is 15.6 Å². The minimum Gasteiger partial charge on any atom is -0.485 e. The number of carbonyl (C=O) groups excluding carboxylic acids is 4. The molecular weight excluding hydrogens is 757 g/mol. The second-order valence-electron chi connectivity index (χ2n) is 15.4. The number of alkyl halides is 2. The summed E-state index contributed by atoms with van der Waals surface area (Å²) in [4.78, 5) is 60.3. The van der Waals surface area contributed by atoms with Crippen molar-refractivity contribution in [3.63, 3.8) is 0 Å². The lowest BCUT2D eigenvalue weighted by molar-refractivity contribution is -0.424. The van der Waals surface area contributed by atoms with Gasteiger partial charge >= 0.3 is 0 Å². The number of nitrogens with zero attached hydrogens (tertiary/aromatic N) is 8. The summed E-state index contributed by atoms with van der Waals surface area (Å²) in [7, 11) is 2.11. The smallest absolute Gasteiger partial charge is 0.272 e. The molecule has 0 bridgehead atoms. The van der Waals surface area contributed by atoms with Crippen LogP contribution in [0.25, 0.3) is 11.8 Å². The number of hydrogen-bond donors (Lipinski definition) is 2. The van der Waals surface area contributed by atoms with Gasteiger partial charge < -0.3 is 19.9 Å². The van der Waals surface area contributed by atoms with Crippen molar-refractivity contribution >= 4 is 53.1 Å². The summed E-state index contributed by atoms with van der Waals surface area (Å²) in [5.41, 5.74) is 1.77. The standard InChI is InChI=1S/C40H39F3N10O5/c1-49(25-18-50(19-25)31-8-7-26-28(36(31)43)20-52(40(26)57)32-9-10-35(54)47-39(32)56)24-5-3-22(4-6-24)16-51-17-23-13-30(33(14-29(23)48-51)58-21-34(41)42)46-38(55)27-15-45-53-12-2-11-44-37(27)53/h2,7-8,11-17,22,24-25,32,34H,3-6,9-10,18-21H2,1H3,(H-,46,47,54,55,56)/p+1/b51-16+. The van der Waals surface area contributed by atoms with Crippen LogP contribution in [0, 0.1) is 11.7 Å². The third-order valence-electron chi connectivity index (χ3n) is 11.8. The summed E-state index contributed by atoms with van der Waals surface area (Å²) < 4.78 is 50.8. The number of ether oxygens (including phenoxy) is 1. The fourth-order valence-corrected chi connectivity index (χ4v) is 8.61. The van der Waals surface area contributed by atoms with E-state index in [0.29, 0.717) is 41.0 Å². The van der Waals surface area contributed by atoms with Crippen molar-refractivity contribution in [3.05, 3.63) is 82.0 Å². The van der Waals surface area contributed by atoms with Gasteiger partial charge in [0.05, 0.1) is 29.3 Å². The van der Waals surface area contributed by atoms with E-state index in [9.17, 15) is 28.0 Å². The molecule has 5 aliphatic rings. The number of rotatable bonds is 10. The monoisotopic (exact) mass is 797 g/mol. The first kappa shape index (κ1) is 37.4. The Kier molecular flexibility index (Phi) is 9.65. The molecule has 2 saturated heterocycles. The number of likely N-dealkylation sites (N-methyl/N-ethyl adjacent to an activating group) is 1. The summed E-state index contributed by atoms with van der Waals surface area (Å²) >= 11 is 0. The van der Waals surface area contributed by atoms with Crippen LogP contribution < -0.4 is 30.8 Å². The lowest BCUT2D eigenvalue weighted by atomic mass is 9.85. The Hall–Kier alpha value is -6.17. The predicted molar refractivity (Wildman–Crippen MR) is 202 cm³/mol. The molecule has 1 aliphatic carbocycles. The molecule has 58 heavy (non-hydrogen) atoms.